The molecular formula is C16H15FO2S. The van der Waals surface area contributed by atoms with E-state index in [1.54, 1.807) is 0 Å². The van der Waals surface area contributed by atoms with Crippen molar-refractivity contribution in [3.8, 4) is 0 Å². The van der Waals surface area contributed by atoms with Crippen LogP contribution in [0.5, 0.6) is 0 Å². The van der Waals surface area contributed by atoms with Gasteiger partial charge >= 0.3 is 0 Å². The number of sulfone groups is 1. The molecule has 1 aliphatic rings. The van der Waals surface area contributed by atoms with Crippen molar-refractivity contribution in [2.24, 2.45) is 0 Å². The number of rotatable bonds is 3. The Bertz CT molecular complexity index is 734. The summed E-state index contributed by atoms with van der Waals surface area (Å²) in [6.45, 7) is 0. The van der Waals surface area contributed by atoms with E-state index < -0.39 is 15.7 Å². The lowest BCUT2D eigenvalue weighted by molar-refractivity contribution is 0.594. The highest BCUT2D eigenvalue weighted by atomic mass is 32.2. The number of fused-ring (bicyclic) bond motifs is 1. The zero-order chi connectivity index (χ0) is 14.2. The first kappa shape index (κ1) is 13.3. The van der Waals surface area contributed by atoms with Crippen molar-refractivity contribution in [3.05, 3.63) is 65.0 Å². The van der Waals surface area contributed by atoms with Gasteiger partial charge in [-0.25, -0.2) is 12.8 Å². The van der Waals surface area contributed by atoms with Crippen LogP contribution in [-0.2, 0) is 28.4 Å². The SMILES string of the molecule is O=S(=O)(Cc1ccc2c(c1)CCC2)c1ccc(F)cc1. The molecule has 0 radical (unpaired) electrons. The molecule has 4 heteroatoms. The molecule has 0 spiro atoms. The van der Waals surface area contributed by atoms with Crippen LogP contribution in [0.1, 0.15) is 23.1 Å². The van der Waals surface area contributed by atoms with Crippen LogP contribution in [-0.4, -0.2) is 8.42 Å². The van der Waals surface area contributed by atoms with E-state index in [0.29, 0.717) is 0 Å². The fourth-order valence-corrected chi connectivity index (χ4v) is 4.00. The predicted molar refractivity (Wildman–Crippen MR) is 75.8 cm³/mol. The van der Waals surface area contributed by atoms with Gasteiger partial charge in [0.25, 0.3) is 0 Å². The van der Waals surface area contributed by atoms with E-state index in [-0.39, 0.29) is 10.6 Å². The normalized spacial score (nSPS) is 14.2. The average Bonchev–Trinajstić information content (AvgIpc) is 2.86. The number of halogens is 1. The monoisotopic (exact) mass is 290 g/mol. The predicted octanol–water partition coefficient (Wildman–Crippen LogP) is 3.29. The molecule has 2 aromatic carbocycles. The molecular weight excluding hydrogens is 275 g/mol. The number of benzene rings is 2. The maximum Gasteiger partial charge on any atom is 0.182 e. The van der Waals surface area contributed by atoms with E-state index in [1.807, 2.05) is 18.2 Å². The van der Waals surface area contributed by atoms with E-state index in [0.717, 1.165) is 24.8 Å². The molecule has 0 amide bonds. The van der Waals surface area contributed by atoms with E-state index in [1.165, 1.54) is 35.4 Å². The average molecular weight is 290 g/mol. The van der Waals surface area contributed by atoms with E-state index in [4.69, 9.17) is 0 Å². The Morgan fingerprint density at radius 1 is 0.950 bits per heavy atom. The second-order valence-electron chi connectivity index (χ2n) is 5.17. The Labute approximate surface area is 118 Å². The van der Waals surface area contributed by atoms with Crippen molar-refractivity contribution in [1.82, 2.24) is 0 Å². The summed E-state index contributed by atoms with van der Waals surface area (Å²) in [5.41, 5.74) is 3.39. The summed E-state index contributed by atoms with van der Waals surface area (Å²) in [6, 6.07) is 10.9. The molecule has 3 rings (SSSR count). The van der Waals surface area contributed by atoms with Crippen molar-refractivity contribution in [3.63, 3.8) is 0 Å². The molecule has 0 saturated carbocycles. The summed E-state index contributed by atoms with van der Waals surface area (Å²) in [5.74, 6) is -0.465. The molecule has 0 aliphatic heterocycles. The lowest BCUT2D eigenvalue weighted by Crippen LogP contribution is -2.05. The number of hydrogen-bond donors (Lipinski definition) is 0. The fourth-order valence-electron chi connectivity index (χ4n) is 2.66. The van der Waals surface area contributed by atoms with Crippen LogP contribution in [0.25, 0.3) is 0 Å². The first-order chi connectivity index (χ1) is 9.54. The van der Waals surface area contributed by atoms with Crippen LogP contribution >= 0.6 is 0 Å². The third-order valence-corrected chi connectivity index (χ3v) is 5.40. The van der Waals surface area contributed by atoms with Gasteiger partial charge in [-0.2, -0.15) is 0 Å². The molecule has 0 unspecified atom stereocenters. The Morgan fingerprint density at radius 3 is 2.40 bits per heavy atom. The number of aryl methyl sites for hydroxylation is 2. The van der Waals surface area contributed by atoms with Crippen molar-refractivity contribution >= 4 is 9.84 Å². The minimum atomic E-state index is -3.41. The number of hydrogen-bond acceptors (Lipinski definition) is 2. The lowest BCUT2D eigenvalue weighted by atomic mass is 10.1. The second kappa shape index (κ2) is 5.02. The highest BCUT2D eigenvalue weighted by Crippen LogP contribution is 2.25. The molecule has 0 heterocycles. The van der Waals surface area contributed by atoms with Gasteiger partial charge in [0.05, 0.1) is 10.6 Å². The third kappa shape index (κ3) is 2.61. The van der Waals surface area contributed by atoms with Gasteiger partial charge in [-0.1, -0.05) is 18.2 Å². The van der Waals surface area contributed by atoms with Crippen LogP contribution in [0, 0.1) is 5.82 Å². The zero-order valence-corrected chi connectivity index (χ0v) is 11.8. The van der Waals surface area contributed by atoms with Gasteiger partial charge < -0.3 is 0 Å². The highest BCUT2D eigenvalue weighted by molar-refractivity contribution is 7.90. The van der Waals surface area contributed by atoms with Crippen molar-refractivity contribution < 1.29 is 12.8 Å². The van der Waals surface area contributed by atoms with E-state index >= 15 is 0 Å². The van der Waals surface area contributed by atoms with E-state index in [9.17, 15) is 12.8 Å². The van der Waals surface area contributed by atoms with Crippen LogP contribution in [0.2, 0.25) is 0 Å². The molecule has 2 aromatic rings. The minimum absolute atomic E-state index is 0.0358. The minimum Gasteiger partial charge on any atom is -0.223 e. The first-order valence-electron chi connectivity index (χ1n) is 6.64. The third-order valence-electron chi connectivity index (χ3n) is 3.69. The molecule has 0 bridgehead atoms. The molecule has 2 nitrogen and oxygen atoms in total. The molecule has 1 aliphatic carbocycles. The van der Waals surface area contributed by atoms with Gasteiger partial charge in [0, 0.05) is 0 Å². The Morgan fingerprint density at radius 2 is 1.65 bits per heavy atom. The molecule has 0 atom stereocenters. The van der Waals surface area contributed by atoms with Gasteiger partial charge in [0.15, 0.2) is 9.84 Å². The summed E-state index contributed by atoms with van der Waals surface area (Å²) in [5, 5.41) is 0. The Balaban J connectivity index is 1.88. The van der Waals surface area contributed by atoms with Crippen LogP contribution in [0.3, 0.4) is 0 Å². The Kier molecular flexibility index (Phi) is 3.34. The van der Waals surface area contributed by atoms with Crippen molar-refractivity contribution in [2.75, 3.05) is 0 Å². The molecule has 20 heavy (non-hydrogen) atoms. The van der Waals surface area contributed by atoms with Gasteiger partial charge in [0.2, 0.25) is 0 Å². The van der Waals surface area contributed by atoms with E-state index in [2.05, 4.69) is 0 Å². The summed E-state index contributed by atoms with van der Waals surface area (Å²) in [7, 11) is -3.41. The lowest BCUT2D eigenvalue weighted by Gasteiger charge is -2.07. The van der Waals surface area contributed by atoms with Gasteiger partial charge in [-0.15, -0.1) is 0 Å². The van der Waals surface area contributed by atoms with Gasteiger partial charge in [-0.3, -0.25) is 0 Å². The fraction of sp³-hybridized carbons (Fsp3) is 0.250. The topological polar surface area (TPSA) is 34.1 Å². The smallest absolute Gasteiger partial charge is 0.182 e. The van der Waals surface area contributed by atoms with Crippen LogP contribution < -0.4 is 0 Å². The summed E-state index contributed by atoms with van der Waals surface area (Å²) >= 11 is 0. The van der Waals surface area contributed by atoms with Crippen LogP contribution in [0.4, 0.5) is 4.39 Å². The molecule has 0 saturated heterocycles. The maximum atomic E-state index is 12.9. The Hall–Kier alpha value is -1.68. The maximum absolute atomic E-state index is 12.9. The van der Waals surface area contributed by atoms with Crippen molar-refractivity contribution in [2.45, 2.75) is 29.9 Å². The van der Waals surface area contributed by atoms with Crippen molar-refractivity contribution in [1.29, 1.82) is 0 Å². The quantitative estimate of drug-likeness (QED) is 0.813. The standard InChI is InChI=1S/C16H15FO2S/c17-15-6-8-16(9-7-15)20(18,19)11-12-4-5-13-2-1-3-14(13)10-12/h4-10H,1-3,11H2. The molecule has 0 aromatic heterocycles. The highest BCUT2D eigenvalue weighted by Gasteiger charge is 2.17. The van der Waals surface area contributed by atoms with Gasteiger partial charge in [0.1, 0.15) is 5.82 Å². The van der Waals surface area contributed by atoms with Gasteiger partial charge in [-0.05, 0) is 60.2 Å². The second-order valence-corrected chi connectivity index (χ2v) is 7.16. The van der Waals surface area contributed by atoms with Crippen LogP contribution in [0.15, 0.2) is 47.4 Å². The summed E-state index contributed by atoms with van der Waals surface area (Å²) in [6.07, 6.45) is 3.25. The molecule has 0 fully saturated rings. The zero-order valence-electron chi connectivity index (χ0n) is 11.0. The summed E-state index contributed by atoms with van der Waals surface area (Å²) < 4.78 is 37.4. The molecule has 104 valence electrons. The largest absolute Gasteiger partial charge is 0.223 e. The molecule has 0 N–H and O–H groups in total. The summed E-state index contributed by atoms with van der Waals surface area (Å²) in [4.78, 5) is 0.166. The first-order valence-corrected chi connectivity index (χ1v) is 8.29.